The molecule has 1 N–H and O–H groups in total. The average molecular weight is 270 g/mol. The Hall–Kier alpha value is -1.10. The Morgan fingerprint density at radius 1 is 1.21 bits per heavy atom. The number of rotatable bonds is 6. The summed E-state index contributed by atoms with van der Waals surface area (Å²) in [5.41, 5.74) is 0. The van der Waals surface area contributed by atoms with Gasteiger partial charge in [-0.1, -0.05) is 19.8 Å². The van der Waals surface area contributed by atoms with Crippen molar-refractivity contribution in [3.63, 3.8) is 0 Å². The first kappa shape index (κ1) is 16.0. The molecule has 0 aromatic heterocycles. The van der Waals surface area contributed by atoms with Gasteiger partial charge in [0, 0.05) is 6.54 Å². The Kier molecular flexibility index (Phi) is 6.84. The van der Waals surface area contributed by atoms with Crippen LogP contribution in [0.1, 0.15) is 46.0 Å². The molecule has 1 aliphatic heterocycles. The molecule has 110 valence electrons. The summed E-state index contributed by atoms with van der Waals surface area (Å²) in [5.74, 6) is -0.990. The Labute approximate surface area is 115 Å². The first-order valence-corrected chi connectivity index (χ1v) is 7.31. The van der Waals surface area contributed by atoms with Gasteiger partial charge in [0.25, 0.3) is 0 Å². The van der Waals surface area contributed by atoms with Gasteiger partial charge in [0.2, 0.25) is 5.91 Å². The van der Waals surface area contributed by atoms with E-state index in [1.54, 1.807) is 0 Å². The molecule has 0 aliphatic carbocycles. The second-order valence-electron chi connectivity index (χ2n) is 5.28. The highest BCUT2D eigenvalue weighted by Gasteiger charge is 2.27. The van der Waals surface area contributed by atoms with Gasteiger partial charge in [-0.05, 0) is 39.3 Å². The van der Waals surface area contributed by atoms with Gasteiger partial charge in [-0.25, -0.2) is 0 Å². The standard InChI is InChI=1S/C14H26N2O3/c1-3-8-16(11-13(17)18)14(19)12(2)15-9-6-4-5-7-10-15/h12H,3-11H2,1-2H3,(H,17,18)/t12-/m1/s1. The first-order valence-electron chi connectivity index (χ1n) is 7.31. The number of hydrogen-bond acceptors (Lipinski definition) is 3. The van der Waals surface area contributed by atoms with Crippen LogP contribution in [0.3, 0.4) is 0 Å². The zero-order valence-electron chi connectivity index (χ0n) is 12.1. The number of carbonyl (C=O) groups excluding carboxylic acids is 1. The van der Waals surface area contributed by atoms with Crippen LogP contribution in [0.15, 0.2) is 0 Å². The molecule has 0 unspecified atom stereocenters. The maximum atomic E-state index is 12.4. The average Bonchev–Trinajstić information content (AvgIpc) is 2.64. The van der Waals surface area contributed by atoms with E-state index in [-0.39, 0.29) is 18.5 Å². The van der Waals surface area contributed by atoms with E-state index in [0.717, 1.165) is 32.4 Å². The largest absolute Gasteiger partial charge is 0.480 e. The molecule has 19 heavy (non-hydrogen) atoms. The molecule has 5 heteroatoms. The summed E-state index contributed by atoms with van der Waals surface area (Å²) in [7, 11) is 0. The smallest absolute Gasteiger partial charge is 0.323 e. The van der Waals surface area contributed by atoms with E-state index in [1.165, 1.54) is 17.7 Å². The Morgan fingerprint density at radius 3 is 2.26 bits per heavy atom. The molecule has 5 nitrogen and oxygen atoms in total. The predicted octanol–water partition coefficient (Wildman–Crippen LogP) is 1.57. The molecule has 1 heterocycles. The van der Waals surface area contributed by atoms with Crippen LogP contribution in [0.2, 0.25) is 0 Å². The van der Waals surface area contributed by atoms with Crippen molar-refractivity contribution >= 4 is 11.9 Å². The van der Waals surface area contributed by atoms with Crippen LogP contribution in [-0.4, -0.2) is 59.0 Å². The molecule has 1 atom stereocenters. The number of carbonyl (C=O) groups is 2. The van der Waals surface area contributed by atoms with E-state index in [0.29, 0.717) is 6.54 Å². The van der Waals surface area contributed by atoms with Crippen LogP contribution in [0, 0.1) is 0 Å². The van der Waals surface area contributed by atoms with E-state index in [9.17, 15) is 9.59 Å². The van der Waals surface area contributed by atoms with Crippen molar-refractivity contribution in [2.24, 2.45) is 0 Å². The van der Waals surface area contributed by atoms with E-state index >= 15 is 0 Å². The number of amides is 1. The molecule has 1 fully saturated rings. The Morgan fingerprint density at radius 2 is 1.79 bits per heavy atom. The fraction of sp³-hybridized carbons (Fsp3) is 0.857. The Bertz CT molecular complexity index is 299. The second kappa shape index (κ2) is 8.15. The van der Waals surface area contributed by atoms with Crippen LogP contribution >= 0.6 is 0 Å². The first-order chi connectivity index (χ1) is 9.06. The minimum atomic E-state index is -0.940. The van der Waals surface area contributed by atoms with Crippen molar-refractivity contribution in [2.75, 3.05) is 26.2 Å². The molecule has 0 bridgehead atoms. The summed E-state index contributed by atoms with van der Waals surface area (Å²) >= 11 is 0. The zero-order valence-corrected chi connectivity index (χ0v) is 12.1. The molecule has 0 radical (unpaired) electrons. The molecule has 0 saturated carbocycles. The SMILES string of the molecule is CCCN(CC(=O)O)C(=O)[C@@H](C)N1CCCCCC1. The molecule has 0 aromatic carbocycles. The van der Waals surface area contributed by atoms with Gasteiger partial charge in [-0.3, -0.25) is 14.5 Å². The second-order valence-corrected chi connectivity index (χ2v) is 5.28. The lowest BCUT2D eigenvalue weighted by Crippen LogP contribution is -2.49. The van der Waals surface area contributed by atoms with Crippen molar-refractivity contribution < 1.29 is 14.7 Å². The van der Waals surface area contributed by atoms with E-state index in [2.05, 4.69) is 4.90 Å². The fourth-order valence-corrected chi connectivity index (χ4v) is 2.60. The predicted molar refractivity (Wildman–Crippen MR) is 74.0 cm³/mol. The molecule has 0 aromatic rings. The molecule has 1 amide bonds. The third-order valence-corrected chi connectivity index (χ3v) is 3.68. The molecular weight excluding hydrogens is 244 g/mol. The molecular formula is C14H26N2O3. The maximum absolute atomic E-state index is 12.4. The maximum Gasteiger partial charge on any atom is 0.323 e. The normalized spacial score (nSPS) is 18.6. The molecule has 0 spiro atoms. The number of nitrogens with zero attached hydrogens (tertiary/aromatic N) is 2. The number of likely N-dealkylation sites (tertiary alicyclic amines) is 1. The number of carboxylic acids is 1. The van der Waals surface area contributed by atoms with Crippen molar-refractivity contribution in [2.45, 2.75) is 52.0 Å². The number of carboxylic acid groups (broad SMARTS) is 1. The van der Waals surface area contributed by atoms with E-state index in [4.69, 9.17) is 5.11 Å². The van der Waals surface area contributed by atoms with Crippen molar-refractivity contribution in [3.8, 4) is 0 Å². The highest BCUT2D eigenvalue weighted by atomic mass is 16.4. The summed E-state index contributed by atoms with van der Waals surface area (Å²) < 4.78 is 0. The van der Waals surface area contributed by atoms with Gasteiger partial charge in [-0.15, -0.1) is 0 Å². The number of aliphatic carboxylic acids is 1. The van der Waals surface area contributed by atoms with Gasteiger partial charge in [0.05, 0.1) is 6.04 Å². The minimum Gasteiger partial charge on any atom is -0.480 e. The lowest BCUT2D eigenvalue weighted by molar-refractivity contribution is -0.146. The van der Waals surface area contributed by atoms with E-state index in [1.807, 2.05) is 13.8 Å². The third kappa shape index (κ3) is 5.19. The summed E-state index contributed by atoms with van der Waals surface area (Å²) in [6.45, 7) is 6.07. The van der Waals surface area contributed by atoms with Gasteiger partial charge >= 0.3 is 5.97 Å². The quantitative estimate of drug-likeness (QED) is 0.796. The van der Waals surface area contributed by atoms with Gasteiger partial charge in [-0.2, -0.15) is 0 Å². The van der Waals surface area contributed by atoms with Crippen molar-refractivity contribution in [1.29, 1.82) is 0 Å². The van der Waals surface area contributed by atoms with Crippen LogP contribution in [0.4, 0.5) is 0 Å². The van der Waals surface area contributed by atoms with Gasteiger partial charge in [0.15, 0.2) is 0 Å². The Balaban J connectivity index is 2.62. The summed E-state index contributed by atoms with van der Waals surface area (Å²) in [5, 5.41) is 8.89. The lowest BCUT2D eigenvalue weighted by atomic mass is 10.2. The van der Waals surface area contributed by atoms with Crippen LogP contribution in [-0.2, 0) is 9.59 Å². The van der Waals surface area contributed by atoms with E-state index < -0.39 is 5.97 Å². The topological polar surface area (TPSA) is 60.9 Å². The van der Waals surface area contributed by atoms with Gasteiger partial charge in [0.1, 0.15) is 6.54 Å². The van der Waals surface area contributed by atoms with Crippen LogP contribution in [0.25, 0.3) is 0 Å². The highest BCUT2D eigenvalue weighted by Crippen LogP contribution is 2.14. The zero-order chi connectivity index (χ0) is 14.3. The number of hydrogen-bond donors (Lipinski definition) is 1. The molecule has 1 saturated heterocycles. The third-order valence-electron chi connectivity index (χ3n) is 3.68. The van der Waals surface area contributed by atoms with Crippen molar-refractivity contribution in [3.05, 3.63) is 0 Å². The summed E-state index contributed by atoms with van der Waals surface area (Å²) in [6, 6.07) is -0.205. The monoisotopic (exact) mass is 270 g/mol. The summed E-state index contributed by atoms with van der Waals surface area (Å²) in [6.07, 6.45) is 5.50. The fourth-order valence-electron chi connectivity index (χ4n) is 2.60. The molecule has 1 rings (SSSR count). The van der Waals surface area contributed by atoms with Crippen LogP contribution in [0.5, 0.6) is 0 Å². The van der Waals surface area contributed by atoms with Gasteiger partial charge < -0.3 is 10.0 Å². The van der Waals surface area contributed by atoms with Crippen LogP contribution < -0.4 is 0 Å². The lowest BCUT2D eigenvalue weighted by Gasteiger charge is -2.31. The summed E-state index contributed by atoms with van der Waals surface area (Å²) in [4.78, 5) is 26.9. The minimum absolute atomic E-state index is 0.0499. The molecule has 1 aliphatic rings. The van der Waals surface area contributed by atoms with Crippen molar-refractivity contribution in [1.82, 2.24) is 9.80 Å². The highest BCUT2D eigenvalue weighted by molar-refractivity contribution is 5.85.